The zero-order valence-electron chi connectivity index (χ0n) is 32.5. The van der Waals surface area contributed by atoms with Gasteiger partial charge in [0.15, 0.2) is 5.60 Å². The average molecular weight is 752 g/mol. The molecule has 4 aliphatic rings. The van der Waals surface area contributed by atoms with Crippen molar-refractivity contribution >= 4 is 48.0 Å². The van der Waals surface area contributed by atoms with Gasteiger partial charge in [0.1, 0.15) is 5.75 Å². The number of rotatable bonds is 9. The van der Waals surface area contributed by atoms with Crippen molar-refractivity contribution in [3.8, 4) is 5.75 Å². The lowest BCUT2D eigenvalue weighted by Gasteiger charge is -2.37. The number of aliphatic hydroxyl groups excluding tert-OH is 1. The molecule has 3 saturated heterocycles. The molecular formula is C44H57N3O6Si. The van der Waals surface area contributed by atoms with E-state index in [1.807, 2.05) is 57.2 Å². The monoisotopic (exact) mass is 751 g/mol. The number of hydrogen-bond acceptors (Lipinski definition) is 6. The predicted octanol–water partition coefficient (Wildman–Crippen LogP) is 7.43. The van der Waals surface area contributed by atoms with Gasteiger partial charge in [0, 0.05) is 55.4 Å². The Labute approximate surface area is 321 Å². The third kappa shape index (κ3) is 7.01. The van der Waals surface area contributed by atoms with Crippen LogP contribution in [0.15, 0.2) is 66.7 Å². The van der Waals surface area contributed by atoms with Gasteiger partial charge in [0.25, 0.3) is 5.91 Å². The highest BCUT2D eigenvalue weighted by Gasteiger charge is 2.66. The molecule has 3 aromatic rings. The molecule has 10 heteroatoms. The first-order valence-electron chi connectivity index (χ1n) is 20.2. The van der Waals surface area contributed by atoms with Crippen LogP contribution >= 0.6 is 0 Å². The van der Waals surface area contributed by atoms with E-state index >= 15 is 4.79 Å². The molecule has 4 atom stereocenters. The van der Waals surface area contributed by atoms with E-state index in [0.29, 0.717) is 38.9 Å². The van der Waals surface area contributed by atoms with Gasteiger partial charge in [-0.3, -0.25) is 14.4 Å². The van der Waals surface area contributed by atoms with Crippen LogP contribution in [0.25, 0.3) is 0 Å². The van der Waals surface area contributed by atoms with E-state index in [1.54, 1.807) is 7.11 Å². The standard InChI is InChI=1S/C44H57N3O6Si/c1-31-42(54(3,4)36-21-19-35(52-2)20-22-36)39(24-27-48)53-44(31)37-29-34(46-26-12-8-6-10-17-41(46)50)18-23-38(37)47(43(44)51)30-32-14-13-15-33(28-32)45-25-11-7-5-9-16-40(45)49/h13-15,18-23,28-29,31,39,42,48H,5-12,16-17,24-27,30H2,1-4H3/t31-,39+,42-,44+/m0/s1. The van der Waals surface area contributed by atoms with E-state index in [1.165, 1.54) is 5.19 Å². The van der Waals surface area contributed by atoms with E-state index < -0.39 is 13.7 Å². The highest BCUT2D eigenvalue weighted by atomic mass is 28.3. The summed E-state index contributed by atoms with van der Waals surface area (Å²) in [4.78, 5) is 47.8. The largest absolute Gasteiger partial charge is 0.497 e. The zero-order chi connectivity index (χ0) is 38.0. The molecule has 0 radical (unpaired) electrons. The Morgan fingerprint density at radius 3 is 2.07 bits per heavy atom. The van der Waals surface area contributed by atoms with Crippen LogP contribution < -0.4 is 24.6 Å². The first-order chi connectivity index (χ1) is 26.1. The molecule has 0 aliphatic carbocycles. The topological polar surface area (TPSA) is 99.6 Å². The summed E-state index contributed by atoms with van der Waals surface area (Å²) in [6.45, 7) is 8.45. The van der Waals surface area contributed by atoms with Gasteiger partial charge in [-0.15, -0.1) is 0 Å². The van der Waals surface area contributed by atoms with E-state index in [4.69, 9.17) is 9.47 Å². The van der Waals surface area contributed by atoms with Gasteiger partial charge in [-0.2, -0.15) is 0 Å². The maximum Gasteiger partial charge on any atom is 0.264 e. The number of ether oxygens (including phenoxy) is 2. The van der Waals surface area contributed by atoms with Crippen molar-refractivity contribution in [1.82, 2.24) is 0 Å². The Bertz CT molecular complexity index is 1850. The highest BCUT2D eigenvalue weighted by Crippen LogP contribution is 2.60. The third-order valence-corrected chi connectivity index (χ3v) is 17.1. The van der Waals surface area contributed by atoms with Crippen molar-refractivity contribution in [3.63, 3.8) is 0 Å². The maximum atomic E-state index is 15.4. The summed E-state index contributed by atoms with van der Waals surface area (Å²) in [5, 5.41) is 11.6. The summed E-state index contributed by atoms with van der Waals surface area (Å²) in [6.07, 6.45) is 9.19. The van der Waals surface area contributed by atoms with E-state index in [2.05, 4.69) is 44.3 Å². The number of hydrogen-bond donors (Lipinski definition) is 1. The fourth-order valence-corrected chi connectivity index (χ4v) is 14.0. The number of nitrogens with zero attached hydrogens (tertiary/aromatic N) is 3. The molecule has 288 valence electrons. The second-order valence-corrected chi connectivity index (χ2v) is 21.0. The number of amides is 3. The van der Waals surface area contributed by atoms with Gasteiger partial charge in [-0.1, -0.05) is 75.2 Å². The number of anilines is 3. The minimum atomic E-state index is -2.36. The summed E-state index contributed by atoms with van der Waals surface area (Å²) >= 11 is 0. The minimum Gasteiger partial charge on any atom is -0.497 e. The number of methoxy groups -OCH3 is 1. The molecule has 0 bridgehead atoms. The fraction of sp³-hybridized carbons (Fsp3) is 0.523. The van der Waals surface area contributed by atoms with E-state index in [0.717, 1.165) is 85.3 Å². The second-order valence-electron chi connectivity index (χ2n) is 16.4. The first-order valence-corrected chi connectivity index (χ1v) is 23.3. The van der Waals surface area contributed by atoms with Crippen LogP contribution in [0.2, 0.25) is 18.6 Å². The average Bonchev–Trinajstić information content (AvgIpc) is 3.58. The molecule has 1 spiro atoms. The lowest BCUT2D eigenvalue weighted by Crippen LogP contribution is -2.51. The number of benzene rings is 3. The minimum absolute atomic E-state index is 0.00300. The summed E-state index contributed by atoms with van der Waals surface area (Å²) < 4.78 is 12.7. The summed E-state index contributed by atoms with van der Waals surface area (Å²) in [5.74, 6) is 0.725. The van der Waals surface area contributed by atoms with Gasteiger partial charge < -0.3 is 29.3 Å². The van der Waals surface area contributed by atoms with E-state index in [9.17, 15) is 14.7 Å². The normalized spacial score (nSPS) is 25.4. The molecule has 4 heterocycles. The van der Waals surface area contributed by atoms with Crippen LogP contribution in [0.3, 0.4) is 0 Å². The van der Waals surface area contributed by atoms with Crippen molar-refractivity contribution in [2.24, 2.45) is 5.92 Å². The van der Waals surface area contributed by atoms with Crippen molar-refractivity contribution in [2.45, 2.75) is 114 Å². The SMILES string of the molecule is COc1ccc([Si](C)(C)[C@@H]2[C@@H](CCO)O[C@]3(C(=O)N(Cc4cccc(N5CCCCCCC5=O)c4)c4ccc(N5CCCCCCC5=O)cc43)[C@H]2C)cc1. The van der Waals surface area contributed by atoms with E-state index in [-0.39, 0.29) is 41.9 Å². The van der Waals surface area contributed by atoms with Crippen LogP contribution in [-0.4, -0.2) is 63.8 Å². The lowest BCUT2D eigenvalue weighted by molar-refractivity contribution is -0.146. The van der Waals surface area contributed by atoms with Crippen molar-refractivity contribution in [3.05, 3.63) is 77.9 Å². The van der Waals surface area contributed by atoms with Gasteiger partial charge in [-0.05, 0) is 85.7 Å². The number of aliphatic hydroxyl groups is 1. The van der Waals surface area contributed by atoms with Crippen molar-refractivity contribution in [2.75, 3.05) is 41.5 Å². The maximum absolute atomic E-state index is 15.4. The van der Waals surface area contributed by atoms with Gasteiger partial charge in [0.2, 0.25) is 11.8 Å². The summed E-state index contributed by atoms with van der Waals surface area (Å²) in [6, 6.07) is 22.4. The second kappa shape index (κ2) is 16.0. The Kier molecular flexibility index (Phi) is 11.3. The van der Waals surface area contributed by atoms with Crippen LogP contribution in [0, 0.1) is 5.92 Å². The van der Waals surface area contributed by atoms with Crippen molar-refractivity contribution < 1.29 is 29.0 Å². The van der Waals surface area contributed by atoms with Crippen LogP contribution in [0.5, 0.6) is 5.75 Å². The first kappa shape index (κ1) is 38.3. The van der Waals surface area contributed by atoms with Crippen LogP contribution in [0.4, 0.5) is 17.1 Å². The Morgan fingerprint density at radius 2 is 1.44 bits per heavy atom. The molecule has 0 unspecified atom stereocenters. The quantitative estimate of drug-likeness (QED) is 0.229. The molecular weight excluding hydrogens is 695 g/mol. The van der Waals surface area contributed by atoms with Gasteiger partial charge in [0.05, 0.1) is 33.5 Å². The number of carbonyl (C=O) groups is 3. The summed E-state index contributed by atoms with van der Waals surface area (Å²) in [5.41, 5.74) is 2.90. The number of carbonyl (C=O) groups excluding carboxylic acids is 3. The Balaban J connectivity index is 1.31. The molecule has 3 aromatic carbocycles. The fourth-order valence-electron chi connectivity index (χ4n) is 9.89. The molecule has 1 N–H and O–H groups in total. The summed E-state index contributed by atoms with van der Waals surface area (Å²) in [7, 11) is -0.693. The molecule has 0 aromatic heterocycles. The van der Waals surface area contributed by atoms with Gasteiger partial charge in [-0.25, -0.2) is 0 Å². The highest BCUT2D eigenvalue weighted by molar-refractivity contribution is 6.91. The Hall–Kier alpha value is -3.99. The molecule has 0 saturated carbocycles. The zero-order valence-corrected chi connectivity index (χ0v) is 33.5. The van der Waals surface area contributed by atoms with Crippen molar-refractivity contribution in [1.29, 1.82) is 0 Å². The molecule has 54 heavy (non-hydrogen) atoms. The molecule has 9 nitrogen and oxygen atoms in total. The lowest BCUT2D eigenvalue weighted by atomic mass is 9.82. The molecule has 3 amide bonds. The predicted molar refractivity (Wildman–Crippen MR) is 216 cm³/mol. The molecule has 4 aliphatic heterocycles. The van der Waals surface area contributed by atoms with Crippen LogP contribution in [0.1, 0.15) is 88.7 Å². The van der Waals surface area contributed by atoms with Gasteiger partial charge >= 0.3 is 0 Å². The third-order valence-electron chi connectivity index (χ3n) is 12.8. The molecule has 7 rings (SSSR count). The smallest absolute Gasteiger partial charge is 0.264 e. The Morgan fingerprint density at radius 1 is 0.815 bits per heavy atom. The number of fused-ring (bicyclic) bond motifs is 2. The van der Waals surface area contributed by atoms with Crippen LogP contribution in [-0.2, 0) is 31.3 Å². The molecule has 3 fully saturated rings.